The summed E-state index contributed by atoms with van der Waals surface area (Å²) < 4.78 is 4.04. The van der Waals surface area contributed by atoms with E-state index in [1.807, 2.05) is 112 Å². The molecule has 0 bridgehead atoms. The molecule has 7 aromatic rings. The topological polar surface area (TPSA) is 102 Å². The molecule has 214 valence electrons. The third-order valence-corrected chi connectivity index (χ3v) is 7.16. The first-order valence-electron chi connectivity index (χ1n) is 14.2. The van der Waals surface area contributed by atoms with Gasteiger partial charge in [-0.25, -0.2) is 19.9 Å². The van der Waals surface area contributed by atoms with Crippen molar-refractivity contribution in [3.05, 3.63) is 145 Å². The second-order valence-corrected chi connectivity index (χ2v) is 10.4. The molecule has 0 spiro atoms. The van der Waals surface area contributed by atoms with Crippen LogP contribution in [0.3, 0.4) is 0 Å². The fourth-order valence-corrected chi connectivity index (χ4v) is 5.19. The zero-order valence-corrected chi connectivity index (χ0v) is 23.7. The number of pyridine rings is 1. The maximum absolute atomic E-state index is 12.8. The number of nitrogens with zero attached hydrogens (tertiary/aromatic N) is 6. The van der Waals surface area contributed by atoms with E-state index in [9.17, 15) is 4.79 Å². The first-order valence-corrected chi connectivity index (χ1v) is 14.2. The minimum absolute atomic E-state index is 0.0795. The van der Waals surface area contributed by atoms with E-state index >= 15 is 0 Å². The van der Waals surface area contributed by atoms with E-state index in [4.69, 9.17) is 9.97 Å². The van der Waals surface area contributed by atoms with Crippen molar-refractivity contribution in [3.8, 4) is 22.6 Å². The summed E-state index contributed by atoms with van der Waals surface area (Å²) in [5.74, 6) is 0.394. The predicted octanol–water partition coefficient (Wildman–Crippen LogP) is 6.63. The van der Waals surface area contributed by atoms with Gasteiger partial charge < -0.3 is 15.2 Å². The van der Waals surface area contributed by atoms with Gasteiger partial charge in [-0.3, -0.25) is 9.20 Å². The first kappa shape index (κ1) is 26.8. The van der Waals surface area contributed by atoms with Crippen molar-refractivity contribution >= 4 is 28.9 Å². The summed E-state index contributed by atoms with van der Waals surface area (Å²) in [5, 5.41) is 6.39. The van der Waals surface area contributed by atoms with Crippen molar-refractivity contribution < 1.29 is 4.79 Å². The molecule has 4 heterocycles. The van der Waals surface area contributed by atoms with Crippen LogP contribution < -0.4 is 10.6 Å². The minimum Gasteiger partial charge on any atom is -0.333 e. The summed E-state index contributed by atoms with van der Waals surface area (Å²) in [6.45, 7) is 0.716. The van der Waals surface area contributed by atoms with Crippen LogP contribution in [-0.4, -0.2) is 34.8 Å². The van der Waals surface area contributed by atoms with Gasteiger partial charge in [0.15, 0.2) is 0 Å². The van der Waals surface area contributed by atoms with Gasteiger partial charge in [0.2, 0.25) is 11.9 Å². The Labute approximate surface area is 253 Å². The molecule has 0 aliphatic rings. The number of anilines is 3. The van der Waals surface area contributed by atoms with Crippen molar-refractivity contribution in [3.63, 3.8) is 0 Å². The number of benzene rings is 3. The Kier molecular flexibility index (Phi) is 7.32. The van der Waals surface area contributed by atoms with E-state index in [0.717, 1.165) is 39.4 Å². The molecule has 0 aliphatic heterocycles. The number of amides is 1. The van der Waals surface area contributed by atoms with Gasteiger partial charge in [-0.15, -0.1) is 0 Å². The molecule has 0 unspecified atom stereocenters. The lowest BCUT2D eigenvalue weighted by Crippen LogP contribution is -2.14. The van der Waals surface area contributed by atoms with Gasteiger partial charge in [0.1, 0.15) is 5.65 Å². The highest BCUT2D eigenvalue weighted by molar-refractivity contribution is 5.93. The molecule has 44 heavy (non-hydrogen) atoms. The van der Waals surface area contributed by atoms with E-state index in [2.05, 4.69) is 32.7 Å². The highest BCUT2D eigenvalue weighted by Crippen LogP contribution is 2.33. The molecule has 0 saturated heterocycles. The van der Waals surface area contributed by atoms with Crippen LogP contribution in [0.15, 0.2) is 134 Å². The van der Waals surface area contributed by atoms with E-state index in [1.54, 1.807) is 18.7 Å². The maximum Gasteiger partial charge on any atom is 0.228 e. The number of hydrogen-bond acceptors (Lipinski definition) is 6. The van der Waals surface area contributed by atoms with E-state index < -0.39 is 0 Å². The summed E-state index contributed by atoms with van der Waals surface area (Å²) in [4.78, 5) is 31.3. The van der Waals surface area contributed by atoms with Crippen LogP contribution in [0.25, 0.3) is 28.3 Å². The van der Waals surface area contributed by atoms with Crippen LogP contribution in [0.5, 0.6) is 0 Å². The van der Waals surface area contributed by atoms with Crippen LogP contribution in [0.4, 0.5) is 17.3 Å². The van der Waals surface area contributed by atoms with Gasteiger partial charge in [-0.2, -0.15) is 0 Å². The lowest BCUT2D eigenvalue weighted by molar-refractivity contribution is -0.115. The number of imidazole rings is 2. The summed E-state index contributed by atoms with van der Waals surface area (Å²) in [6.07, 6.45) is 9.53. The lowest BCUT2D eigenvalue weighted by Gasteiger charge is -2.11. The molecule has 7 rings (SSSR count). The lowest BCUT2D eigenvalue weighted by atomic mass is 10.1. The Morgan fingerprint density at radius 2 is 1.59 bits per heavy atom. The van der Waals surface area contributed by atoms with E-state index in [1.165, 1.54) is 0 Å². The fourth-order valence-electron chi connectivity index (χ4n) is 5.19. The molecule has 1 amide bonds. The van der Waals surface area contributed by atoms with Crippen LogP contribution in [0.1, 0.15) is 11.1 Å². The van der Waals surface area contributed by atoms with Gasteiger partial charge in [0.05, 0.1) is 29.8 Å². The number of carbonyl (C=O) groups excluding carboxylic acids is 1. The third-order valence-electron chi connectivity index (χ3n) is 7.16. The molecule has 0 aliphatic carbocycles. The first-order chi connectivity index (χ1) is 21.7. The summed E-state index contributed by atoms with van der Waals surface area (Å²) in [7, 11) is 0. The molecule has 0 fully saturated rings. The standard InChI is InChI=1S/C35H28N8O/c44-32(21-25-8-2-1-3-9-25)38-29-13-7-11-27(22-29)33-34(43-18-5-4-14-31(43)41-33)30-15-16-37-35(40-30)39-28-12-6-10-26(20-28)23-42-19-17-36-24-42/h1-20,22,24H,21,23H2,(H,38,44)(H,37,39,40). The number of carbonyl (C=O) groups is 1. The second-order valence-electron chi connectivity index (χ2n) is 10.4. The Morgan fingerprint density at radius 1 is 0.750 bits per heavy atom. The summed E-state index contributed by atoms with van der Waals surface area (Å²) in [5.41, 5.74) is 7.62. The van der Waals surface area contributed by atoms with Crippen molar-refractivity contribution in [2.24, 2.45) is 0 Å². The Bertz CT molecular complexity index is 2050. The molecule has 0 radical (unpaired) electrons. The van der Waals surface area contributed by atoms with Crippen LogP contribution in [0, 0.1) is 0 Å². The van der Waals surface area contributed by atoms with Gasteiger partial charge in [-0.1, -0.05) is 60.7 Å². The van der Waals surface area contributed by atoms with Gasteiger partial charge in [0.25, 0.3) is 0 Å². The van der Waals surface area contributed by atoms with Gasteiger partial charge >= 0.3 is 0 Å². The summed E-state index contributed by atoms with van der Waals surface area (Å²) in [6, 6.07) is 33.4. The van der Waals surface area contributed by atoms with Crippen LogP contribution >= 0.6 is 0 Å². The Balaban J connectivity index is 1.19. The molecule has 9 heteroatoms. The second kappa shape index (κ2) is 12.0. The normalized spacial score (nSPS) is 11.0. The van der Waals surface area contributed by atoms with Crippen LogP contribution in [-0.2, 0) is 17.8 Å². The highest BCUT2D eigenvalue weighted by Gasteiger charge is 2.18. The van der Waals surface area contributed by atoms with E-state index in [0.29, 0.717) is 30.3 Å². The van der Waals surface area contributed by atoms with Crippen molar-refractivity contribution in [1.82, 2.24) is 28.9 Å². The van der Waals surface area contributed by atoms with Crippen molar-refractivity contribution in [1.29, 1.82) is 0 Å². The highest BCUT2D eigenvalue weighted by atomic mass is 16.1. The summed E-state index contributed by atoms with van der Waals surface area (Å²) >= 11 is 0. The van der Waals surface area contributed by atoms with Gasteiger partial charge in [0, 0.05) is 48.3 Å². The average Bonchev–Trinajstić information content (AvgIpc) is 3.70. The molecular formula is C35H28N8O. The zero-order valence-electron chi connectivity index (χ0n) is 23.7. The number of hydrogen-bond donors (Lipinski definition) is 2. The largest absolute Gasteiger partial charge is 0.333 e. The van der Waals surface area contributed by atoms with Gasteiger partial charge in [-0.05, 0) is 53.6 Å². The zero-order chi connectivity index (χ0) is 29.7. The van der Waals surface area contributed by atoms with Crippen LogP contribution in [0.2, 0.25) is 0 Å². The predicted molar refractivity (Wildman–Crippen MR) is 171 cm³/mol. The smallest absolute Gasteiger partial charge is 0.228 e. The number of fused-ring (bicyclic) bond motifs is 1. The maximum atomic E-state index is 12.8. The molecule has 0 atom stereocenters. The molecule has 4 aromatic heterocycles. The molecular weight excluding hydrogens is 548 g/mol. The average molecular weight is 577 g/mol. The molecule has 3 aromatic carbocycles. The van der Waals surface area contributed by atoms with Crippen molar-refractivity contribution in [2.75, 3.05) is 10.6 Å². The molecule has 0 saturated carbocycles. The Hall–Kier alpha value is -6.09. The monoisotopic (exact) mass is 576 g/mol. The van der Waals surface area contributed by atoms with Crippen molar-refractivity contribution in [2.45, 2.75) is 13.0 Å². The SMILES string of the molecule is O=C(Cc1ccccc1)Nc1cccc(-c2nc3ccccn3c2-c2ccnc(Nc3cccc(Cn4ccnc4)c3)n2)c1. The fraction of sp³-hybridized carbons (Fsp3) is 0.0571. The molecule has 2 N–H and O–H groups in total. The minimum atomic E-state index is -0.0795. The molecule has 9 nitrogen and oxygen atoms in total. The quantitative estimate of drug-likeness (QED) is 0.200. The Morgan fingerprint density at radius 3 is 2.48 bits per heavy atom. The number of rotatable bonds is 9. The third kappa shape index (κ3) is 5.93. The number of aromatic nitrogens is 6. The van der Waals surface area contributed by atoms with E-state index in [-0.39, 0.29) is 5.91 Å². The number of nitrogens with one attached hydrogen (secondary N) is 2.